The van der Waals surface area contributed by atoms with Crippen molar-refractivity contribution in [3.8, 4) is 10.7 Å². The molecule has 0 saturated heterocycles. The van der Waals surface area contributed by atoms with Crippen LogP contribution in [0.3, 0.4) is 0 Å². The second-order valence-electron chi connectivity index (χ2n) is 8.99. The van der Waals surface area contributed by atoms with Crippen LogP contribution in [0.25, 0.3) is 21.7 Å². The van der Waals surface area contributed by atoms with Crippen LogP contribution >= 0.6 is 22.7 Å². The Kier molecular flexibility index (Phi) is 6.30. The molecule has 0 bridgehead atoms. The summed E-state index contributed by atoms with van der Waals surface area (Å²) in [7, 11) is 0. The highest BCUT2D eigenvalue weighted by molar-refractivity contribution is 7.14. The van der Waals surface area contributed by atoms with Gasteiger partial charge < -0.3 is 4.57 Å². The van der Waals surface area contributed by atoms with E-state index in [1.165, 1.54) is 4.88 Å². The van der Waals surface area contributed by atoms with Gasteiger partial charge in [0.25, 0.3) is 0 Å². The Hall–Kier alpha value is -2.57. The third-order valence-electron chi connectivity index (χ3n) is 6.68. The van der Waals surface area contributed by atoms with E-state index in [0.29, 0.717) is 24.8 Å². The highest BCUT2D eigenvalue weighted by Crippen LogP contribution is 2.40. The Morgan fingerprint density at radius 1 is 1.12 bits per heavy atom. The summed E-state index contributed by atoms with van der Waals surface area (Å²) in [5, 5.41) is 2.08. The minimum atomic E-state index is 0.143. The summed E-state index contributed by atoms with van der Waals surface area (Å²) < 4.78 is 2.38. The van der Waals surface area contributed by atoms with Gasteiger partial charge >= 0.3 is 0 Å². The van der Waals surface area contributed by atoms with E-state index in [1.54, 1.807) is 22.7 Å². The zero-order valence-electron chi connectivity index (χ0n) is 19.0. The van der Waals surface area contributed by atoms with Gasteiger partial charge in [-0.25, -0.2) is 4.98 Å². The Balaban J connectivity index is 1.47. The van der Waals surface area contributed by atoms with Crippen LogP contribution in [0.1, 0.15) is 76.4 Å². The lowest BCUT2D eigenvalue weighted by Crippen LogP contribution is -2.21. The number of nitrogens with zero attached hydrogens (tertiary/aromatic N) is 2. The molecule has 1 aromatic carbocycles. The van der Waals surface area contributed by atoms with Gasteiger partial charge in [-0.3, -0.25) is 9.59 Å². The normalized spacial score (nSPS) is 18.6. The summed E-state index contributed by atoms with van der Waals surface area (Å²) in [6, 6.07) is 14.4. The molecule has 3 heterocycles. The van der Waals surface area contributed by atoms with E-state index in [2.05, 4.69) is 28.1 Å². The molecule has 5 rings (SSSR count). The van der Waals surface area contributed by atoms with E-state index in [0.717, 1.165) is 57.9 Å². The summed E-state index contributed by atoms with van der Waals surface area (Å²) in [6.45, 7) is 3.94. The molecular formula is C27H28N2O2S2. The number of hydrogen-bond acceptors (Lipinski definition) is 5. The number of ketones is 2. The number of benzene rings is 1. The fourth-order valence-electron chi connectivity index (χ4n) is 5.06. The van der Waals surface area contributed by atoms with E-state index >= 15 is 0 Å². The smallest absolute Gasteiger partial charge is 0.173 e. The predicted octanol–water partition coefficient (Wildman–Crippen LogP) is 7.73. The van der Waals surface area contributed by atoms with E-state index in [-0.39, 0.29) is 11.6 Å². The number of carbonyl (C=O) groups excluding carboxylic acids is 2. The van der Waals surface area contributed by atoms with Gasteiger partial charge in [-0.2, -0.15) is 0 Å². The maximum absolute atomic E-state index is 12.9. The Morgan fingerprint density at radius 2 is 2.00 bits per heavy atom. The van der Waals surface area contributed by atoms with Gasteiger partial charge in [0.15, 0.2) is 17.4 Å². The topological polar surface area (TPSA) is 52.0 Å². The van der Waals surface area contributed by atoms with E-state index in [4.69, 9.17) is 4.98 Å². The van der Waals surface area contributed by atoms with Crippen molar-refractivity contribution in [3.63, 3.8) is 0 Å². The largest absolute Gasteiger partial charge is 0.320 e. The summed E-state index contributed by atoms with van der Waals surface area (Å²) in [5.41, 5.74) is 2.69. The molecule has 0 aliphatic heterocycles. The molecule has 6 heteroatoms. The first-order chi connectivity index (χ1) is 16.0. The number of rotatable bonds is 7. The average Bonchev–Trinajstić information content (AvgIpc) is 3.57. The number of carbonyl (C=O) groups is 2. The minimum Gasteiger partial charge on any atom is -0.320 e. The van der Waals surface area contributed by atoms with Crippen LogP contribution in [0, 0.1) is 12.8 Å². The molecule has 4 nitrogen and oxygen atoms in total. The van der Waals surface area contributed by atoms with Gasteiger partial charge in [-0.15, -0.1) is 22.7 Å². The first-order valence-corrected chi connectivity index (χ1v) is 13.4. The lowest BCUT2D eigenvalue weighted by atomic mass is 9.82. The first-order valence-electron chi connectivity index (χ1n) is 11.7. The van der Waals surface area contributed by atoms with Gasteiger partial charge in [0.05, 0.1) is 20.8 Å². The number of thiophene rings is 2. The fraction of sp³-hybridized carbons (Fsp3) is 0.370. The molecule has 0 unspecified atom stereocenters. The van der Waals surface area contributed by atoms with Crippen LogP contribution in [0.2, 0.25) is 0 Å². The molecule has 33 heavy (non-hydrogen) atoms. The second-order valence-corrected chi connectivity index (χ2v) is 11.2. The second kappa shape index (κ2) is 9.35. The highest BCUT2D eigenvalue weighted by Gasteiger charge is 2.29. The van der Waals surface area contributed by atoms with Crippen molar-refractivity contribution in [3.05, 3.63) is 63.2 Å². The van der Waals surface area contributed by atoms with Gasteiger partial charge in [-0.05, 0) is 73.9 Å². The third-order valence-corrected chi connectivity index (χ3v) is 8.59. The molecule has 3 aromatic heterocycles. The third kappa shape index (κ3) is 4.46. The van der Waals surface area contributed by atoms with Crippen LogP contribution < -0.4 is 0 Å². The van der Waals surface area contributed by atoms with E-state index in [9.17, 15) is 9.59 Å². The number of Topliss-reactive ketones (excluding diaryl/α,β-unsaturated/α-hetero) is 2. The van der Waals surface area contributed by atoms with Crippen molar-refractivity contribution in [1.82, 2.24) is 9.55 Å². The molecule has 1 fully saturated rings. The van der Waals surface area contributed by atoms with Gasteiger partial charge in [0, 0.05) is 29.3 Å². The van der Waals surface area contributed by atoms with Crippen molar-refractivity contribution in [1.29, 1.82) is 0 Å². The monoisotopic (exact) mass is 476 g/mol. The summed E-state index contributed by atoms with van der Waals surface area (Å²) in [6.07, 6.45) is 5.39. The molecule has 0 radical (unpaired) electrons. The molecule has 170 valence electrons. The fourth-order valence-corrected chi connectivity index (χ4v) is 6.58. The standard InChI is InChI=1S/C27H28N2O2S2/c1-3-23(30)19-10-11-22-21(16-19)28-27(26-8-5-13-32-26)29(22)20-7-4-6-18(14-20)15-24(31)25-12-9-17(2)33-25/h5,8-13,16,18,20H,3-4,6-7,14-15H2,1-2H3/t18-,20+/m1/s1. The average molecular weight is 477 g/mol. The number of hydrogen-bond donors (Lipinski definition) is 0. The molecule has 2 atom stereocenters. The Bertz CT molecular complexity index is 1300. The summed E-state index contributed by atoms with van der Waals surface area (Å²) in [4.78, 5) is 33.4. The molecular weight excluding hydrogens is 448 g/mol. The highest BCUT2D eigenvalue weighted by atomic mass is 32.1. The Labute approximate surface area is 202 Å². The van der Waals surface area contributed by atoms with E-state index in [1.807, 2.05) is 38.1 Å². The lowest BCUT2D eigenvalue weighted by molar-refractivity contribution is 0.0944. The van der Waals surface area contributed by atoms with Gasteiger partial charge in [-0.1, -0.05) is 19.4 Å². The van der Waals surface area contributed by atoms with Crippen LogP contribution in [-0.2, 0) is 0 Å². The summed E-state index contributed by atoms with van der Waals surface area (Å²) >= 11 is 3.29. The maximum atomic E-state index is 12.9. The predicted molar refractivity (Wildman–Crippen MR) is 137 cm³/mol. The van der Waals surface area contributed by atoms with E-state index < -0.39 is 0 Å². The lowest BCUT2D eigenvalue weighted by Gasteiger charge is -2.31. The van der Waals surface area contributed by atoms with Crippen molar-refractivity contribution in [2.24, 2.45) is 5.92 Å². The van der Waals surface area contributed by atoms with Crippen molar-refractivity contribution in [2.75, 3.05) is 0 Å². The molecule has 0 amide bonds. The van der Waals surface area contributed by atoms with Crippen LogP contribution in [0.15, 0.2) is 47.8 Å². The Morgan fingerprint density at radius 3 is 2.73 bits per heavy atom. The minimum absolute atomic E-state index is 0.143. The van der Waals surface area contributed by atoms with Gasteiger partial charge in [0.2, 0.25) is 0 Å². The zero-order valence-corrected chi connectivity index (χ0v) is 20.7. The van der Waals surface area contributed by atoms with Crippen LogP contribution in [0.4, 0.5) is 0 Å². The van der Waals surface area contributed by atoms with Crippen molar-refractivity contribution < 1.29 is 9.59 Å². The maximum Gasteiger partial charge on any atom is 0.173 e. The molecule has 1 aliphatic carbocycles. The SMILES string of the molecule is CCC(=O)c1ccc2c(c1)nc(-c1cccs1)n2[C@H]1CCC[C@@H](CC(=O)c2ccc(C)s2)C1. The summed E-state index contributed by atoms with van der Waals surface area (Å²) in [5.74, 6) is 1.78. The molecule has 0 spiro atoms. The first kappa shape index (κ1) is 22.2. The van der Waals surface area contributed by atoms with Crippen LogP contribution in [-0.4, -0.2) is 21.1 Å². The van der Waals surface area contributed by atoms with Crippen molar-refractivity contribution in [2.45, 2.75) is 58.4 Å². The van der Waals surface area contributed by atoms with Crippen molar-refractivity contribution >= 4 is 45.3 Å². The number of imidazole rings is 1. The quantitative estimate of drug-likeness (QED) is 0.256. The molecule has 4 aromatic rings. The van der Waals surface area contributed by atoms with Gasteiger partial charge in [0.1, 0.15) is 0 Å². The number of fused-ring (bicyclic) bond motifs is 1. The molecule has 1 aliphatic rings. The number of aromatic nitrogens is 2. The zero-order chi connectivity index (χ0) is 22.9. The molecule has 0 N–H and O–H groups in total. The molecule has 1 saturated carbocycles. The van der Waals surface area contributed by atoms with Crippen LogP contribution in [0.5, 0.6) is 0 Å². The number of aryl methyl sites for hydroxylation is 1.